The highest BCUT2D eigenvalue weighted by Gasteiger charge is 2.08. The molecule has 0 aliphatic heterocycles. The van der Waals surface area contributed by atoms with Crippen LogP contribution in [0.3, 0.4) is 0 Å². The average Bonchev–Trinajstić information content (AvgIpc) is 2.35. The van der Waals surface area contributed by atoms with Crippen molar-refractivity contribution in [2.75, 3.05) is 11.9 Å². The number of benzene rings is 2. The van der Waals surface area contributed by atoms with Crippen molar-refractivity contribution in [3.63, 3.8) is 0 Å². The Labute approximate surface area is 108 Å². The van der Waals surface area contributed by atoms with Crippen LogP contribution in [-0.2, 0) is 0 Å². The zero-order valence-electron chi connectivity index (χ0n) is 9.91. The van der Waals surface area contributed by atoms with Crippen molar-refractivity contribution in [2.24, 2.45) is 0 Å². The van der Waals surface area contributed by atoms with E-state index >= 15 is 0 Å². The smallest absolute Gasteiger partial charge is 0.128 e. The van der Waals surface area contributed by atoms with E-state index in [2.05, 4.69) is 5.32 Å². The third-order valence-electron chi connectivity index (χ3n) is 2.60. The van der Waals surface area contributed by atoms with Crippen LogP contribution < -0.4 is 5.32 Å². The summed E-state index contributed by atoms with van der Waals surface area (Å²) in [6.07, 6.45) is -0.970. The summed E-state index contributed by atoms with van der Waals surface area (Å²) >= 11 is 0. The number of hydrogen-bond acceptors (Lipinski definition) is 2. The van der Waals surface area contributed by atoms with Gasteiger partial charge in [0.05, 0.1) is 6.10 Å². The van der Waals surface area contributed by atoms with Crippen molar-refractivity contribution in [1.29, 1.82) is 0 Å². The van der Waals surface area contributed by atoms with Gasteiger partial charge in [-0.2, -0.15) is 0 Å². The highest BCUT2D eigenvalue weighted by molar-refractivity contribution is 5.44. The van der Waals surface area contributed by atoms with Crippen molar-refractivity contribution < 1.29 is 18.3 Å². The van der Waals surface area contributed by atoms with Crippen LogP contribution in [0.5, 0.6) is 0 Å². The monoisotopic (exact) mass is 267 g/mol. The van der Waals surface area contributed by atoms with Crippen molar-refractivity contribution in [3.8, 4) is 0 Å². The van der Waals surface area contributed by atoms with E-state index in [-0.39, 0.29) is 12.2 Å². The lowest BCUT2D eigenvalue weighted by Crippen LogP contribution is -2.12. The highest BCUT2D eigenvalue weighted by Crippen LogP contribution is 2.17. The molecule has 0 fully saturated rings. The molecule has 0 saturated carbocycles. The Hall–Kier alpha value is -2.01. The molecular formula is C14H12F3NO. The van der Waals surface area contributed by atoms with Gasteiger partial charge >= 0.3 is 0 Å². The Kier molecular flexibility index (Phi) is 4.06. The summed E-state index contributed by atoms with van der Waals surface area (Å²) in [4.78, 5) is 0. The van der Waals surface area contributed by atoms with Crippen LogP contribution >= 0.6 is 0 Å². The molecule has 0 radical (unpaired) electrons. The average molecular weight is 267 g/mol. The normalized spacial score (nSPS) is 12.2. The molecule has 0 heterocycles. The summed E-state index contributed by atoms with van der Waals surface area (Å²) in [6, 6.07) is 8.51. The van der Waals surface area contributed by atoms with Gasteiger partial charge in [-0.15, -0.1) is 0 Å². The lowest BCUT2D eigenvalue weighted by molar-refractivity contribution is 0.191. The van der Waals surface area contributed by atoms with E-state index in [9.17, 15) is 18.3 Å². The molecule has 0 aromatic heterocycles. The van der Waals surface area contributed by atoms with Crippen LogP contribution in [0.1, 0.15) is 11.7 Å². The van der Waals surface area contributed by atoms with Crippen LogP contribution in [0.15, 0.2) is 42.5 Å². The van der Waals surface area contributed by atoms with Gasteiger partial charge in [0.1, 0.15) is 17.5 Å². The Morgan fingerprint density at radius 3 is 2.26 bits per heavy atom. The maximum absolute atomic E-state index is 13.0. The predicted octanol–water partition coefficient (Wildman–Crippen LogP) is 3.25. The highest BCUT2D eigenvalue weighted by atomic mass is 19.1. The summed E-state index contributed by atoms with van der Waals surface area (Å²) in [5.41, 5.74) is 0.609. The zero-order valence-corrected chi connectivity index (χ0v) is 9.91. The number of rotatable bonds is 4. The molecule has 100 valence electrons. The third-order valence-corrected chi connectivity index (χ3v) is 2.60. The molecule has 19 heavy (non-hydrogen) atoms. The van der Waals surface area contributed by atoms with Gasteiger partial charge in [-0.05, 0) is 29.8 Å². The summed E-state index contributed by atoms with van der Waals surface area (Å²) in [5.74, 6) is -1.86. The lowest BCUT2D eigenvalue weighted by atomic mass is 10.1. The molecule has 0 bridgehead atoms. The minimum Gasteiger partial charge on any atom is -0.387 e. The maximum Gasteiger partial charge on any atom is 0.128 e. The van der Waals surface area contributed by atoms with E-state index < -0.39 is 23.6 Å². The quantitative estimate of drug-likeness (QED) is 0.891. The van der Waals surface area contributed by atoms with E-state index in [1.807, 2.05) is 0 Å². The fourth-order valence-corrected chi connectivity index (χ4v) is 1.70. The Morgan fingerprint density at radius 2 is 1.63 bits per heavy atom. The third kappa shape index (κ3) is 3.72. The van der Waals surface area contributed by atoms with Crippen molar-refractivity contribution >= 4 is 5.69 Å². The summed E-state index contributed by atoms with van der Waals surface area (Å²) in [6.45, 7) is 0.0202. The Bertz CT molecular complexity index is 554. The number of aliphatic hydroxyl groups excluding tert-OH is 1. The van der Waals surface area contributed by atoms with Crippen LogP contribution in [-0.4, -0.2) is 11.7 Å². The fraction of sp³-hybridized carbons (Fsp3) is 0.143. The zero-order chi connectivity index (χ0) is 13.8. The number of nitrogens with one attached hydrogen (secondary N) is 1. The van der Waals surface area contributed by atoms with E-state index in [0.29, 0.717) is 5.56 Å². The largest absolute Gasteiger partial charge is 0.387 e. The molecule has 0 aliphatic rings. The standard InChI is InChI=1S/C14H12F3NO/c15-10-3-1-2-9(4-10)14(19)8-18-13-6-11(16)5-12(17)7-13/h1-7,14,18-19H,8H2. The predicted molar refractivity (Wildman–Crippen MR) is 66.2 cm³/mol. The molecular weight excluding hydrogens is 255 g/mol. The molecule has 2 aromatic carbocycles. The fourth-order valence-electron chi connectivity index (χ4n) is 1.70. The molecule has 0 aliphatic carbocycles. The minimum atomic E-state index is -0.970. The van der Waals surface area contributed by atoms with Crippen molar-refractivity contribution in [2.45, 2.75) is 6.10 Å². The first-order chi connectivity index (χ1) is 9.04. The first-order valence-electron chi connectivity index (χ1n) is 5.68. The van der Waals surface area contributed by atoms with Gasteiger partial charge < -0.3 is 10.4 Å². The molecule has 5 heteroatoms. The Balaban J connectivity index is 2.02. The van der Waals surface area contributed by atoms with Crippen molar-refractivity contribution in [3.05, 3.63) is 65.5 Å². The molecule has 2 nitrogen and oxygen atoms in total. The molecule has 2 rings (SSSR count). The molecule has 0 spiro atoms. The van der Waals surface area contributed by atoms with E-state index in [0.717, 1.165) is 18.2 Å². The number of anilines is 1. The van der Waals surface area contributed by atoms with Crippen LogP contribution in [0, 0.1) is 17.5 Å². The molecule has 1 unspecified atom stereocenters. The topological polar surface area (TPSA) is 32.3 Å². The minimum absolute atomic E-state index is 0.0202. The Morgan fingerprint density at radius 1 is 0.947 bits per heavy atom. The van der Waals surface area contributed by atoms with Gasteiger partial charge in [0.25, 0.3) is 0 Å². The molecule has 1 atom stereocenters. The second-order valence-corrected chi connectivity index (χ2v) is 4.11. The molecule has 2 aromatic rings. The van der Waals surface area contributed by atoms with Gasteiger partial charge in [0.2, 0.25) is 0 Å². The van der Waals surface area contributed by atoms with E-state index in [1.165, 1.54) is 18.2 Å². The van der Waals surface area contributed by atoms with Crippen LogP contribution in [0.2, 0.25) is 0 Å². The lowest BCUT2D eigenvalue weighted by Gasteiger charge is -2.13. The SMILES string of the molecule is OC(CNc1cc(F)cc(F)c1)c1cccc(F)c1. The van der Waals surface area contributed by atoms with E-state index in [1.54, 1.807) is 6.07 Å². The first kappa shape index (κ1) is 13.4. The molecule has 0 amide bonds. The molecule has 0 saturated heterocycles. The number of hydrogen-bond donors (Lipinski definition) is 2. The van der Waals surface area contributed by atoms with E-state index in [4.69, 9.17) is 0 Å². The van der Waals surface area contributed by atoms with Crippen molar-refractivity contribution in [1.82, 2.24) is 0 Å². The van der Waals surface area contributed by atoms with Gasteiger partial charge in [0.15, 0.2) is 0 Å². The number of aliphatic hydroxyl groups is 1. The number of halogens is 3. The van der Waals surface area contributed by atoms with Crippen LogP contribution in [0.25, 0.3) is 0 Å². The summed E-state index contributed by atoms with van der Waals surface area (Å²) in [7, 11) is 0. The van der Waals surface area contributed by atoms with Gasteiger partial charge in [0, 0.05) is 18.3 Å². The second kappa shape index (κ2) is 5.75. The molecule has 2 N–H and O–H groups in total. The maximum atomic E-state index is 13.0. The van der Waals surface area contributed by atoms with Gasteiger partial charge in [-0.3, -0.25) is 0 Å². The van der Waals surface area contributed by atoms with Gasteiger partial charge in [-0.1, -0.05) is 12.1 Å². The summed E-state index contributed by atoms with van der Waals surface area (Å²) < 4.78 is 38.8. The van der Waals surface area contributed by atoms with Crippen LogP contribution in [0.4, 0.5) is 18.9 Å². The first-order valence-corrected chi connectivity index (χ1v) is 5.68. The summed E-state index contributed by atoms with van der Waals surface area (Å²) in [5, 5.41) is 12.5. The van der Waals surface area contributed by atoms with Gasteiger partial charge in [-0.25, -0.2) is 13.2 Å². The second-order valence-electron chi connectivity index (χ2n) is 4.11.